The van der Waals surface area contributed by atoms with Gasteiger partial charge in [-0.15, -0.1) is 0 Å². The molecule has 0 bridgehead atoms. The van der Waals surface area contributed by atoms with Gasteiger partial charge in [0.2, 0.25) is 0 Å². The molecule has 6 nitrogen and oxygen atoms in total. The molecule has 0 aromatic heterocycles. The van der Waals surface area contributed by atoms with E-state index in [1.165, 1.54) is 0 Å². The van der Waals surface area contributed by atoms with Crippen molar-refractivity contribution < 1.29 is 140 Å². The zero-order valence-electron chi connectivity index (χ0n) is 7.44. The van der Waals surface area contributed by atoms with Crippen LogP contribution in [0.2, 0.25) is 0 Å². The second-order valence-corrected chi connectivity index (χ2v) is 1.90. The summed E-state index contributed by atoms with van der Waals surface area (Å²) in [4.78, 5) is 33.2. The van der Waals surface area contributed by atoms with Crippen LogP contribution in [0.15, 0.2) is 0 Å². The van der Waals surface area contributed by atoms with Crippen LogP contribution in [0.5, 0.6) is 0 Å². The Balaban J connectivity index is -0.0000000221. The summed E-state index contributed by atoms with van der Waals surface area (Å²) in [7, 11) is -5.14. The molecule has 1 N–H and O–H groups in total. The third-order valence-corrected chi connectivity index (χ3v) is 0. The van der Waals surface area contributed by atoms with E-state index in [1.54, 1.807) is 0 Å². The number of carbonyl (C=O) groups is 1. The number of carboxylic acid groups (broad SMARTS) is 1. The number of phosphoric acid groups is 1. The summed E-state index contributed by atoms with van der Waals surface area (Å²) < 4.78 is 8.66. The molecule has 0 aliphatic carbocycles. The molecule has 0 fully saturated rings. The molecule has 0 aliphatic rings. The number of carboxylic acids is 1. The van der Waals surface area contributed by atoms with E-state index in [2.05, 4.69) is 0 Å². The second-order valence-electron chi connectivity index (χ2n) is 0.960. The molecule has 0 heterocycles. The maximum absolute atomic E-state index is 8.89. The van der Waals surface area contributed by atoms with E-state index < -0.39 is 13.8 Å². The molecule has 0 saturated carbocycles. The Kier molecular flexibility index (Phi) is 40.9. The first kappa shape index (κ1) is 29.5. The van der Waals surface area contributed by atoms with Crippen molar-refractivity contribution in [2.75, 3.05) is 0 Å². The first-order chi connectivity index (χ1) is 3.73. The number of aliphatic carboxylic acids is 1. The summed E-state index contributed by atoms with van der Waals surface area (Å²) in [5.74, 6) is -1.08. The van der Waals surface area contributed by atoms with Gasteiger partial charge in [-0.1, -0.05) is 0 Å². The second kappa shape index (κ2) is 16.6. The summed E-state index contributed by atoms with van der Waals surface area (Å²) in [6, 6.07) is 0. The molecular formula is C2H4KNa2O6P. The number of rotatable bonds is 0. The number of carbonyl (C=O) groups excluding carboxylic acids is 1. The summed E-state index contributed by atoms with van der Waals surface area (Å²) in [5, 5.41) is 8.89. The minimum atomic E-state index is -5.14. The maximum Gasteiger partial charge on any atom is 1.00 e. The molecule has 56 valence electrons. The van der Waals surface area contributed by atoms with Gasteiger partial charge in [-0.25, -0.2) is 0 Å². The van der Waals surface area contributed by atoms with Crippen LogP contribution in [0.25, 0.3) is 0 Å². The zero-order chi connectivity index (χ0) is 8.08. The molecule has 0 aromatic rings. The fourth-order valence-electron chi connectivity index (χ4n) is 0. The summed E-state index contributed by atoms with van der Waals surface area (Å²) in [6.45, 7) is 0.972. The number of hydrogen-bond donors (Lipinski definition) is 1. The molecule has 0 atom stereocenters. The SMILES string of the molecule is CC(=O)[O-].O=P([O-])([O-])O.[K+].[Na+].[Na+]. The predicted molar refractivity (Wildman–Crippen MR) is 20.5 cm³/mol. The Labute approximate surface area is 157 Å². The van der Waals surface area contributed by atoms with E-state index >= 15 is 0 Å². The van der Waals surface area contributed by atoms with Crippen molar-refractivity contribution in [3.63, 3.8) is 0 Å². The van der Waals surface area contributed by atoms with Crippen LogP contribution in [0.3, 0.4) is 0 Å². The fourth-order valence-corrected chi connectivity index (χ4v) is 0. The van der Waals surface area contributed by atoms with Crippen LogP contribution >= 0.6 is 7.82 Å². The largest absolute Gasteiger partial charge is 1.00 e. The summed E-state index contributed by atoms with van der Waals surface area (Å²) in [5.41, 5.74) is 0. The van der Waals surface area contributed by atoms with Gasteiger partial charge in [0.05, 0.1) is 7.82 Å². The van der Waals surface area contributed by atoms with E-state index in [0.717, 1.165) is 6.92 Å². The van der Waals surface area contributed by atoms with Gasteiger partial charge in [-0.3, -0.25) is 0 Å². The van der Waals surface area contributed by atoms with Crippen LogP contribution in [0.4, 0.5) is 0 Å². The molecule has 0 aromatic carbocycles. The quantitative estimate of drug-likeness (QED) is 0.331. The third kappa shape index (κ3) is 191. The molecule has 0 radical (unpaired) electrons. The Morgan fingerprint density at radius 2 is 1.33 bits per heavy atom. The molecule has 0 saturated heterocycles. The molecule has 10 heteroatoms. The first-order valence-corrected chi connectivity index (χ1v) is 3.15. The van der Waals surface area contributed by atoms with Gasteiger partial charge in [-0.05, 0) is 6.92 Å². The Morgan fingerprint density at radius 3 is 1.33 bits per heavy atom. The monoisotopic (exact) mass is 240 g/mol. The van der Waals surface area contributed by atoms with Gasteiger partial charge in [0.15, 0.2) is 0 Å². The van der Waals surface area contributed by atoms with Crippen LogP contribution in [-0.2, 0) is 9.36 Å². The predicted octanol–water partition coefficient (Wildman–Crippen LogP) is -12.4. The van der Waals surface area contributed by atoms with E-state index in [0.29, 0.717) is 0 Å². The van der Waals surface area contributed by atoms with Crippen LogP contribution in [0.1, 0.15) is 6.92 Å². The standard InChI is InChI=1S/C2H4O2.K.2Na.H3O4P/c1-2(3)4;;;;1-5(2,3)4/h1H3,(H,3,4);;;;(H3,1,2,3,4)/q;3*+1;/p-3. The van der Waals surface area contributed by atoms with Crippen LogP contribution in [0, 0.1) is 0 Å². The van der Waals surface area contributed by atoms with Crippen molar-refractivity contribution in [2.45, 2.75) is 6.92 Å². The topological polar surface area (TPSA) is 124 Å². The van der Waals surface area contributed by atoms with Gasteiger partial charge in [0.25, 0.3) is 0 Å². The summed E-state index contributed by atoms with van der Waals surface area (Å²) >= 11 is 0. The Morgan fingerprint density at radius 1 is 1.33 bits per heavy atom. The smallest absolute Gasteiger partial charge is 0.790 e. The molecule has 0 rings (SSSR count). The minimum Gasteiger partial charge on any atom is -0.790 e. The zero-order valence-corrected chi connectivity index (χ0v) is 15.5. The third-order valence-electron chi connectivity index (χ3n) is 0. The molecule has 0 amide bonds. The van der Waals surface area contributed by atoms with E-state index in [1.807, 2.05) is 0 Å². The Bertz CT molecular complexity index is 123. The van der Waals surface area contributed by atoms with Gasteiger partial charge in [-0.2, -0.15) is 0 Å². The van der Waals surface area contributed by atoms with Gasteiger partial charge in [0.1, 0.15) is 0 Å². The summed E-state index contributed by atoms with van der Waals surface area (Å²) in [6.07, 6.45) is 0. The van der Waals surface area contributed by atoms with Crippen LogP contribution in [-0.4, -0.2) is 10.9 Å². The average Bonchev–Trinajstić information content (AvgIpc) is 1.19. The number of hydrogen-bond acceptors (Lipinski definition) is 5. The maximum atomic E-state index is 8.89. The van der Waals surface area contributed by atoms with Crippen molar-refractivity contribution in [3.8, 4) is 0 Å². The van der Waals surface area contributed by atoms with Gasteiger partial charge < -0.3 is 29.1 Å². The average molecular weight is 240 g/mol. The Hall–Kier alpha value is 3.22. The molecule has 12 heavy (non-hydrogen) atoms. The van der Waals surface area contributed by atoms with E-state index in [4.69, 9.17) is 29.1 Å². The van der Waals surface area contributed by atoms with Crippen molar-refractivity contribution in [1.82, 2.24) is 0 Å². The first-order valence-electron chi connectivity index (χ1n) is 1.66. The molecule has 0 spiro atoms. The molecule has 0 unspecified atom stereocenters. The molecule has 0 aliphatic heterocycles. The van der Waals surface area contributed by atoms with Gasteiger partial charge in [0, 0.05) is 5.97 Å². The fraction of sp³-hybridized carbons (Fsp3) is 0.500. The van der Waals surface area contributed by atoms with Crippen molar-refractivity contribution in [2.24, 2.45) is 0 Å². The van der Waals surface area contributed by atoms with Gasteiger partial charge >= 0.3 is 110 Å². The normalized spacial score (nSPS) is 7.00. The van der Waals surface area contributed by atoms with E-state index in [-0.39, 0.29) is 110 Å². The van der Waals surface area contributed by atoms with Crippen molar-refractivity contribution >= 4 is 13.8 Å². The van der Waals surface area contributed by atoms with Crippen molar-refractivity contribution in [1.29, 1.82) is 0 Å². The molecular weight excluding hydrogens is 236 g/mol. The van der Waals surface area contributed by atoms with Crippen LogP contribution < -0.4 is 125 Å². The van der Waals surface area contributed by atoms with Crippen molar-refractivity contribution in [3.05, 3.63) is 0 Å². The minimum absolute atomic E-state index is 0. The van der Waals surface area contributed by atoms with E-state index in [9.17, 15) is 0 Å².